The Bertz CT molecular complexity index is 499. The molecule has 3 heteroatoms. The minimum absolute atomic E-state index is 0.263. The van der Waals surface area contributed by atoms with Gasteiger partial charge < -0.3 is 9.72 Å². The first-order chi connectivity index (χ1) is 7.63. The van der Waals surface area contributed by atoms with E-state index in [0.717, 1.165) is 23.3 Å². The van der Waals surface area contributed by atoms with Crippen molar-refractivity contribution in [2.75, 3.05) is 0 Å². The van der Waals surface area contributed by atoms with E-state index in [4.69, 9.17) is 4.74 Å². The van der Waals surface area contributed by atoms with Crippen molar-refractivity contribution in [1.82, 2.24) is 9.97 Å². The van der Waals surface area contributed by atoms with E-state index in [1.807, 2.05) is 0 Å². The average Bonchev–Trinajstić information content (AvgIpc) is 2.74. The molecule has 0 radical (unpaired) electrons. The number of hydrogen-bond donors (Lipinski definition) is 1. The monoisotopic (exact) mass is 216 g/mol. The lowest BCUT2D eigenvalue weighted by Crippen LogP contribution is -2.05. The summed E-state index contributed by atoms with van der Waals surface area (Å²) >= 11 is 0. The zero-order valence-corrected chi connectivity index (χ0v) is 9.87. The summed E-state index contributed by atoms with van der Waals surface area (Å²) in [6, 6.07) is 4.29. The van der Waals surface area contributed by atoms with Gasteiger partial charge in [-0.1, -0.05) is 13.8 Å². The molecule has 1 N–H and O–H groups in total. The molecule has 2 aromatic rings. The van der Waals surface area contributed by atoms with Gasteiger partial charge in [0, 0.05) is 17.7 Å². The Balaban J connectivity index is 2.14. The van der Waals surface area contributed by atoms with Gasteiger partial charge in [0.25, 0.3) is 0 Å². The number of fused-ring (bicyclic) bond motifs is 2. The standard InChI is InChI=1S/C13H16N2O/c1-7(2)10-6-12-11(14-10)5-9-4-8(3)16-13(9)15-12/h5-8,14H,4H2,1-3H3. The zero-order chi connectivity index (χ0) is 11.3. The maximum atomic E-state index is 5.66. The second kappa shape index (κ2) is 3.24. The Kier molecular flexibility index (Phi) is 1.96. The van der Waals surface area contributed by atoms with E-state index in [2.05, 4.69) is 42.9 Å². The molecule has 3 rings (SSSR count). The van der Waals surface area contributed by atoms with Crippen LogP contribution < -0.4 is 4.74 Å². The van der Waals surface area contributed by atoms with Crippen LogP contribution >= 0.6 is 0 Å². The number of aromatic amines is 1. The number of nitrogens with zero attached hydrogens (tertiary/aromatic N) is 1. The van der Waals surface area contributed by atoms with E-state index in [1.54, 1.807) is 0 Å². The van der Waals surface area contributed by atoms with Crippen molar-refractivity contribution >= 4 is 11.0 Å². The van der Waals surface area contributed by atoms with Gasteiger partial charge >= 0.3 is 0 Å². The van der Waals surface area contributed by atoms with Gasteiger partial charge in [0.05, 0.1) is 11.0 Å². The summed E-state index contributed by atoms with van der Waals surface area (Å²) in [5, 5.41) is 0. The van der Waals surface area contributed by atoms with Crippen LogP contribution in [0.15, 0.2) is 12.1 Å². The second-order valence-electron chi connectivity index (χ2n) is 4.90. The predicted molar refractivity (Wildman–Crippen MR) is 64.0 cm³/mol. The van der Waals surface area contributed by atoms with E-state index in [0.29, 0.717) is 5.92 Å². The Hall–Kier alpha value is -1.51. The average molecular weight is 216 g/mol. The smallest absolute Gasteiger partial charge is 0.217 e. The number of rotatable bonds is 1. The Morgan fingerprint density at radius 1 is 1.44 bits per heavy atom. The van der Waals surface area contributed by atoms with Crippen LogP contribution in [-0.4, -0.2) is 16.1 Å². The molecule has 0 fully saturated rings. The first-order valence-corrected chi connectivity index (χ1v) is 5.82. The quantitative estimate of drug-likeness (QED) is 0.795. The van der Waals surface area contributed by atoms with E-state index < -0.39 is 0 Å². The number of nitrogens with one attached hydrogen (secondary N) is 1. The van der Waals surface area contributed by atoms with Crippen molar-refractivity contribution in [3.05, 3.63) is 23.4 Å². The summed E-state index contributed by atoms with van der Waals surface area (Å²) in [5.41, 5.74) is 4.59. The van der Waals surface area contributed by atoms with Crippen molar-refractivity contribution in [3.8, 4) is 5.88 Å². The maximum absolute atomic E-state index is 5.66. The molecule has 1 aliphatic rings. The first kappa shape index (κ1) is 9.70. The highest BCUT2D eigenvalue weighted by Crippen LogP contribution is 2.30. The molecule has 0 aromatic carbocycles. The molecular weight excluding hydrogens is 200 g/mol. The van der Waals surface area contributed by atoms with Gasteiger partial charge in [0.1, 0.15) is 6.10 Å². The van der Waals surface area contributed by atoms with E-state index in [1.165, 1.54) is 11.3 Å². The molecule has 0 saturated heterocycles. The summed E-state index contributed by atoms with van der Waals surface area (Å²) < 4.78 is 5.66. The van der Waals surface area contributed by atoms with Gasteiger partial charge in [-0.15, -0.1) is 0 Å². The fourth-order valence-electron chi connectivity index (χ4n) is 2.20. The molecule has 3 nitrogen and oxygen atoms in total. The molecule has 0 spiro atoms. The van der Waals surface area contributed by atoms with Crippen LogP contribution in [0.1, 0.15) is 37.9 Å². The Morgan fingerprint density at radius 2 is 2.25 bits per heavy atom. The van der Waals surface area contributed by atoms with Crippen LogP contribution in [-0.2, 0) is 6.42 Å². The van der Waals surface area contributed by atoms with Crippen LogP contribution in [0.25, 0.3) is 11.0 Å². The van der Waals surface area contributed by atoms with Gasteiger partial charge in [0.2, 0.25) is 5.88 Å². The normalized spacial score (nSPS) is 19.1. The number of hydrogen-bond acceptors (Lipinski definition) is 2. The third-order valence-electron chi connectivity index (χ3n) is 3.10. The van der Waals surface area contributed by atoms with Crippen molar-refractivity contribution in [2.24, 2.45) is 0 Å². The third kappa shape index (κ3) is 1.39. The molecule has 0 amide bonds. The van der Waals surface area contributed by atoms with Gasteiger partial charge in [-0.05, 0) is 25.0 Å². The van der Waals surface area contributed by atoms with Crippen LogP contribution in [0.3, 0.4) is 0 Å². The lowest BCUT2D eigenvalue weighted by Gasteiger charge is -2.00. The summed E-state index contributed by atoms with van der Waals surface area (Å²) in [4.78, 5) is 7.98. The molecule has 0 aliphatic carbocycles. The number of ether oxygens (including phenoxy) is 1. The number of H-pyrrole nitrogens is 1. The molecular formula is C13H16N2O. The van der Waals surface area contributed by atoms with Crippen molar-refractivity contribution in [2.45, 2.75) is 39.2 Å². The van der Waals surface area contributed by atoms with Gasteiger partial charge in [-0.2, -0.15) is 0 Å². The molecule has 16 heavy (non-hydrogen) atoms. The van der Waals surface area contributed by atoms with Crippen molar-refractivity contribution < 1.29 is 4.74 Å². The fraction of sp³-hybridized carbons (Fsp3) is 0.462. The maximum Gasteiger partial charge on any atom is 0.217 e. The molecule has 0 saturated carbocycles. The predicted octanol–water partition coefficient (Wildman–Crippen LogP) is 3.01. The highest BCUT2D eigenvalue weighted by atomic mass is 16.5. The summed E-state index contributed by atoms with van der Waals surface area (Å²) in [6.07, 6.45) is 1.23. The van der Waals surface area contributed by atoms with E-state index >= 15 is 0 Å². The van der Waals surface area contributed by atoms with Crippen LogP contribution in [0.2, 0.25) is 0 Å². The van der Waals surface area contributed by atoms with Crippen molar-refractivity contribution in [1.29, 1.82) is 0 Å². The highest BCUT2D eigenvalue weighted by Gasteiger charge is 2.21. The Morgan fingerprint density at radius 3 is 3.00 bits per heavy atom. The highest BCUT2D eigenvalue weighted by molar-refractivity contribution is 5.78. The summed E-state index contributed by atoms with van der Waals surface area (Å²) in [5.74, 6) is 1.32. The molecule has 1 unspecified atom stereocenters. The molecule has 3 heterocycles. The van der Waals surface area contributed by atoms with Gasteiger partial charge in [-0.25, -0.2) is 4.98 Å². The van der Waals surface area contributed by atoms with E-state index in [9.17, 15) is 0 Å². The van der Waals surface area contributed by atoms with Gasteiger partial charge in [-0.3, -0.25) is 0 Å². The molecule has 1 atom stereocenters. The van der Waals surface area contributed by atoms with Crippen LogP contribution in [0.4, 0.5) is 0 Å². The second-order valence-corrected chi connectivity index (χ2v) is 4.90. The number of pyridine rings is 1. The number of aromatic nitrogens is 2. The van der Waals surface area contributed by atoms with E-state index in [-0.39, 0.29) is 6.10 Å². The summed E-state index contributed by atoms with van der Waals surface area (Å²) in [6.45, 7) is 6.43. The minimum atomic E-state index is 0.263. The van der Waals surface area contributed by atoms with Crippen molar-refractivity contribution in [3.63, 3.8) is 0 Å². The van der Waals surface area contributed by atoms with Crippen LogP contribution in [0.5, 0.6) is 5.88 Å². The third-order valence-corrected chi connectivity index (χ3v) is 3.10. The molecule has 2 aromatic heterocycles. The zero-order valence-electron chi connectivity index (χ0n) is 9.87. The SMILES string of the molecule is CC1Cc2cc3[nH]c(C(C)C)cc3nc2O1. The molecule has 84 valence electrons. The van der Waals surface area contributed by atoms with Gasteiger partial charge in [0.15, 0.2) is 0 Å². The molecule has 1 aliphatic heterocycles. The largest absolute Gasteiger partial charge is 0.474 e. The fourth-order valence-corrected chi connectivity index (χ4v) is 2.20. The first-order valence-electron chi connectivity index (χ1n) is 5.82. The minimum Gasteiger partial charge on any atom is -0.474 e. The summed E-state index contributed by atoms with van der Waals surface area (Å²) in [7, 11) is 0. The lowest BCUT2D eigenvalue weighted by molar-refractivity contribution is 0.247. The van der Waals surface area contributed by atoms with Crippen LogP contribution in [0, 0.1) is 0 Å². The lowest BCUT2D eigenvalue weighted by atomic mass is 10.1. The molecule has 0 bridgehead atoms. The Labute approximate surface area is 94.8 Å². The topological polar surface area (TPSA) is 37.9 Å².